The first-order valence-electron chi connectivity index (χ1n) is 11.5. The van der Waals surface area contributed by atoms with E-state index >= 15 is 0 Å². The lowest BCUT2D eigenvalue weighted by Crippen LogP contribution is -2.43. The van der Waals surface area contributed by atoms with E-state index in [1.165, 1.54) is 18.0 Å². The van der Waals surface area contributed by atoms with Gasteiger partial charge in [-0.25, -0.2) is 0 Å². The van der Waals surface area contributed by atoms with Crippen LogP contribution in [0, 0.1) is 16.3 Å². The Morgan fingerprint density at radius 1 is 1.06 bits per heavy atom. The van der Waals surface area contributed by atoms with Gasteiger partial charge in [0, 0.05) is 46.3 Å². The summed E-state index contributed by atoms with van der Waals surface area (Å²) in [4.78, 5) is 14.8. The van der Waals surface area contributed by atoms with E-state index in [0.29, 0.717) is 18.1 Å². The molecule has 176 valence electrons. The molecule has 0 bridgehead atoms. The Kier molecular flexibility index (Phi) is 6.49. The van der Waals surface area contributed by atoms with Gasteiger partial charge in [-0.2, -0.15) is 9.46 Å². The maximum absolute atomic E-state index is 13.0. The van der Waals surface area contributed by atoms with Gasteiger partial charge in [-0.3, -0.25) is 4.79 Å². The zero-order valence-corrected chi connectivity index (χ0v) is 21.0. The predicted molar refractivity (Wildman–Crippen MR) is 132 cm³/mol. The van der Waals surface area contributed by atoms with Crippen LogP contribution in [0.4, 0.5) is 0 Å². The van der Waals surface area contributed by atoms with E-state index < -0.39 is 0 Å². The van der Waals surface area contributed by atoms with Crippen molar-refractivity contribution in [1.82, 2.24) is 4.90 Å². The predicted octanol–water partition coefficient (Wildman–Crippen LogP) is 4.08. The fraction of sp³-hybridized carbons (Fsp3) is 0.346. The average molecular weight is 543 g/mol. The zero-order valence-electron chi connectivity index (χ0n) is 18.6. The maximum atomic E-state index is 13.0. The second kappa shape index (κ2) is 9.55. The Morgan fingerprint density at radius 3 is 2.50 bits per heavy atom. The van der Waals surface area contributed by atoms with Crippen molar-refractivity contribution in [3.05, 3.63) is 103 Å². The third kappa shape index (κ3) is 4.51. The fourth-order valence-corrected chi connectivity index (χ4v) is 6.60. The molecule has 1 fully saturated rings. The lowest BCUT2D eigenvalue weighted by molar-refractivity contribution is -0.616. The largest absolute Gasteiger partial charge is 0.619 e. The van der Waals surface area contributed by atoms with Crippen LogP contribution in [-0.2, 0) is 24.1 Å². The van der Waals surface area contributed by atoms with Gasteiger partial charge < -0.3 is 15.3 Å². The molecule has 2 aromatic heterocycles. The van der Waals surface area contributed by atoms with Crippen molar-refractivity contribution in [2.45, 2.75) is 38.0 Å². The second-order valence-corrected chi connectivity index (χ2v) is 10.4. The standard InChI is InChI=1S/C26H25BrClN3O3/c27-22-16-21(28)15-20-4-3-19-2-1-9-31(34)26(19)25(24(20)22)18-7-10-29(11-8-18)23(32)14-17-5-12-30(33)13-6-17/h1-2,5-6,9,12-13,15-16,18,25H,3-4,7-8,10-11,14H2/t25-/m1/s1. The molecular weight excluding hydrogens is 518 g/mol. The molecule has 8 heteroatoms. The van der Waals surface area contributed by atoms with Crippen molar-refractivity contribution in [3.63, 3.8) is 0 Å². The Balaban J connectivity index is 1.41. The third-order valence-electron chi connectivity index (χ3n) is 7.12. The zero-order chi connectivity index (χ0) is 23.8. The number of nitrogens with zero attached hydrogens (tertiary/aromatic N) is 3. The molecule has 1 aliphatic carbocycles. The monoisotopic (exact) mass is 541 g/mol. The van der Waals surface area contributed by atoms with Crippen LogP contribution in [0.5, 0.6) is 0 Å². The fourth-order valence-electron chi connectivity index (χ4n) is 5.48. The molecule has 1 aliphatic heterocycles. The molecule has 1 atom stereocenters. The number of halogens is 2. The maximum Gasteiger partial charge on any atom is 0.226 e. The van der Waals surface area contributed by atoms with Crippen LogP contribution >= 0.6 is 27.5 Å². The smallest absolute Gasteiger partial charge is 0.226 e. The van der Waals surface area contributed by atoms with Crippen LogP contribution in [0.2, 0.25) is 5.02 Å². The molecule has 3 heterocycles. The van der Waals surface area contributed by atoms with Gasteiger partial charge in [-0.05, 0) is 66.5 Å². The number of aryl methyl sites for hydroxylation is 2. The number of carbonyl (C=O) groups is 1. The number of aromatic nitrogens is 2. The van der Waals surface area contributed by atoms with Crippen LogP contribution in [-0.4, -0.2) is 23.9 Å². The molecule has 5 rings (SSSR count). The highest BCUT2D eigenvalue weighted by molar-refractivity contribution is 9.10. The van der Waals surface area contributed by atoms with Crippen molar-refractivity contribution < 1.29 is 14.3 Å². The van der Waals surface area contributed by atoms with Crippen molar-refractivity contribution >= 4 is 33.4 Å². The number of amides is 1. The van der Waals surface area contributed by atoms with E-state index in [0.717, 1.165) is 62.0 Å². The molecule has 0 radical (unpaired) electrons. The third-order valence-corrected chi connectivity index (χ3v) is 8.00. The summed E-state index contributed by atoms with van der Waals surface area (Å²) >= 11 is 10.1. The van der Waals surface area contributed by atoms with Crippen LogP contribution < -0.4 is 9.46 Å². The Labute approximate surface area is 212 Å². The van der Waals surface area contributed by atoms with E-state index in [1.54, 1.807) is 18.3 Å². The molecule has 6 nitrogen and oxygen atoms in total. The summed E-state index contributed by atoms with van der Waals surface area (Å²) in [5.41, 5.74) is 5.07. The van der Waals surface area contributed by atoms with Crippen molar-refractivity contribution in [1.29, 1.82) is 0 Å². The van der Waals surface area contributed by atoms with Gasteiger partial charge in [-0.15, -0.1) is 0 Å². The number of rotatable bonds is 3. The average Bonchev–Trinajstić information content (AvgIpc) is 2.99. The lowest BCUT2D eigenvalue weighted by atomic mass is 9.76. The van der Waals surface area contributed by atoms with Gasteiger partial charge in [0.05, 0.1) is 12.3 Å². The highest BCUT2D eigenvalue weighted by Gasteiger charge is 2.39. The minimum atomic E-state index is -0.0586. The molecule has 34 heavy (non-hydrogen) atoms. The second-order valence-electron chi connectivity index (χ2n) is 9.14. The topological polar surface area (TPSA) is 74.2 Å². The van der Waals surface area contributed by atoms with Crippen LogP contribution in [0.1, 0.15) is 46.7 Å². The minimum absolute atomic E-state index is 0.0586. The Hall–Kier alpha value is -2.64. The first-order valence-corrected chi connectivity index (χ1v) is 12.7. The molecule has 1 aromatic carbocycles. The Bertz CT molecular complexity index is 1230. The highest BCUT2D eigenvalue weighted by Crippen LogP contribution is 2.45. The number of piperidine rings is 1. The number of pyridine rings is 2. The summed E-state index contributed by atoms with van der Waals surface area (Å²) in [6, 6.07) is 11.2. The molecule has 1 amide bonds. The number of likely N-dealkylation sites (tertiary alicyclic amines) is 1. The normalized spacial score (nSPS) is 18.2. The van der Waals surface area contributed by atoms with E-state index in [1.807, 2.05) is 23.1 Å². The summed E-state index contributed by atoms with van der Waals surface area (Å²) in [5.74, 6) is 0.239. The molecule has 1 saturated heterocycles. The quantitative estimate of drug-likeness (QED) is 0.370. The van der Waals surface area contributed by atoms with E-state index in [4.69, 9.17) is 11.6 Å². The Morgan fingerprint density at radius 2 is 1.76 bits per heavy atom. The van der Waals surface area contributed by atoms with Crippen molar-refractivity contribution in [3.8, 4) is 0 Å². The van der Waals surface area contributed by atoms with E-state index in [2.05, 4.69) is 22.0 Å². The SMILES string of the molecule is O=C(Cc1cc[n+]([O-])cc1)N1CCC([C@@H]2c3c(Br)cc(Cl)cc3CCc3ccc[n+]([O-])c32)CC1. The number of hydrogen-bond donors (Lipinski definition) is 0. The van der Waals surface area contributed by atoms with Crippen LogP contribution in [0.25, 0.3) is 0 Å². The first kappa shape index (κ1) is 23.1. The van der Waals surface area contributed by atoms with Crippen molar-refractivity contribution in [2.24, 2.45) is 5.92 Å². The number of fused-ring (bicyclic) bond motifs is 2. The van der Waals surface area contributed by atoms with Gasteiger partial charge in [0.1, 0.15) is 0 Å². The van der Waals surface area contributed by atoms with Gasteiger partial charge in [0.2, 0.25) is 11.6 Å². The highest BCUT2D eigenvalue weighted by atomic mass is 79.9. The van der Waals surface area contributed by atoms with Crippen LogP contribution in [0.3, 0.4) is 0 Å². The number of carbonyl (C=O) groups excluding carboxylic acids is 1. The van der Waals surface area contributed by atoms with Gasteiger partial charge in [0.15, 0.2) is 18.6 Å². The van der Waals surface area contributed by atoms with Gasteiger partial charge >= 0.3 is 0 Å². The molecule has 0 spiro atoms. The summed E-state index contributed by atoms with van der Waals surface area (Å²) < 4.78 is 2.69. The molecule has 0 N–H and O–H groups in total. The van der Waals surface area contributed by atoms with E-state index in [-0.39, 0.29) is 24.2 Å². The summed E-state index contributed by atoms with van der Waals surface area (Å²) in [6.07, 6.45) is 7.96. The van der Waals surface area contributed by atoms with E-state index in [9.17, 15) is 15.2 Å². The number of hydrogen-bond acceptors (Lipinski definition) is 3. The molecule has 3 aromatic rings. The number of benzene rings is 1. The van der Waals surface area contributed by atoms with Gasteiger partial charge in [-0.1, -0.05) is 27.5 Å². The molecule has 0 unspecified atom stereocenters. The molecule has 0 saturated carbocycles. The first-order chi connectivity index (χ1) is 16.4. The van der Waals surface area contributed by atoms with Gasteiger partial charge in [0.25, 0.3) is 0 Å². The summed E-state index contributed by atoms with van der Waals surface area (Å²) in [6.45, 7) is 1.30. The minimum Gasteiger partial charge on any atom is -0.619 e. The van der Waals surface area contributed by atoms with Crippen molar-refractivity contribution in [2.75, 3.05) is 13.1 Å². The summed E-state index contributed by atoms with van der Waals surface area (Å²) in [5, 5.41) is 25.0. The van der Waals surface area contributed by atoms with Crippen LogP contribution in [0.15, 0.2) is 59.5 Å². The lowest BCUT2D eigenvalue weighted by Gasteiger charge is -2.36. The molecular formula is C26H25BrClN3O3. The molecule has 2 aliphatic rings. The summed E-state index contributed by atoms with van der Waals surface area (Å²) in [7, 11) is 0.